The molecule has 0 radical (unpaired) electrons. The van der Waals surface area contributed by atoms with Crippen molar-refractivity contribution in [2.75, 3.05) is 11.4 Å². The number of hydrogen-bond acceptors (Lipinski definition) is 3. The number of nitrogens with zero attached hydrogens (tertiary/aromatic N) is 3. The van der Waals surface area contributed by atoms with Crippen molar-refractivity contribution in [3.8, 4) is 0 Å². The zero-order valence-electron chi connectivity index (χ0n) is 12.5. The predicted molar refractivity (Wildman–Crippen MR) is 90.5 cm³/mol. The molecular weight excluding hydrogens is 274 g/mol. The average molecular weight is 293 g/mol. The summed E-state index contributed by atoms with van der Waals surface area (Å²) in [6.07, 6.45) is 11.1. The van der Waals surface area contributed by atoms with Gasteiger partial charge in [-0.05, 0) is 31.2 Å². The summed E-state index contributed by atoms with van der Waals surface area (Å²) in [5.74, 6) is 0.312. The fourth-order valence-electron chi connectivity index (χ4n) is 2.81. The molecule has 0 spiro atoms. The Morgan fingerprint density at radius 2 is 2.18 bits per heavy atom. The topological polar surface area (TPSA) is 45.0 Å². The van der Waals surface area contributed by atoms with E-state index < -0.39 is 0 Å². The number of benzene rings is 1. The molecule has 1 heterocycles. The van der Waals surface area contributed by atoms with Crippen LogP contribution < -0.4 is 4.90 Å². The molecule has 0 saturated carbocycles. The first-order chi connectivity index (χ1) is 10.8. The monoisotopic (exact) mass is 293 g/mol. The van der Waals surface area contributed by atoms with Crippen LogP contribution in [-0.2, 0) is 4.79 Å². The van der Waals surface area contributed by atoms with E-state index in [1.54, 1.807) is 11.0 Å². The maximum absolute atomic E-state index is 12.5. The molecule has 1 aliphatic carbocycles. The van der Waals surface area contributed by atoms with Gasteiger partial charge in [-0.25, -0.2) is 0 Å². The van der Waals surface area contributed by atoms with Gasteiger partial charge in [-0.2, -0.15) is 5.10 Å². The summed E-state index contributed by atoms with van der Waals surface area (Å²) in [5.41, 5.74) is 2.14. The number of anilines is 1. The van der Waals surface area contributed by atoms with Gasteiger partial charge in [0.15, 0.2) is 5.71 Å². The zero-order valence-corrected chi connectivity index (χ0v) is 12.5. The Balaban J connectivity index is 1.85. The lowest BCUT2D eigenvalue weighted by Gasteiger charge is -2.13. The van der Waals surface area contributed by atoms with Crippen LogP contribution in [0.25, 0.3) is 0 Å². The van der Waals surface area contributed by atoms with Crippen molar-refractivity contribution in [1.29, 1.82) is 0 Å². The van der Waals surface area contributed by atoms with E-state index in [1.807, 2.05) is 30.5 Å². The minimum Gasteiger partial charge on any atom is -0.302 e. The lowest BCUT2D eigenvalue weighted by Crippen LogP contribution is -2.30. The Morgan fingerprint density at radius 3 is 2.95 bits per heavy atom. The number of fused-ring (bicyclic) bond motifs is 1. The van der Waals surface area contributed by atoms with Crippen molar-refractivity contribution in [2.45, 2.75) is 19.3 Å². The van der Waals surface area contributed by atoms with Crippen LogP contribution >= 0.6 is 0 Å². The summed E-state index contributed by atoms with van der Waals surface area (Å²) in [5, 5.41) is 8.39. The van der Waals surface area contributed by atoms with Crippen molar-refractivity contribution in [2.24, 2.45) is 16.1 Å². The van der Waals surface area contributed by atoms with Crippen molar-refractivity contribution in [1.82, 2.24) is 0 Å². The van der Waals surface area contributed by atoms with Crippen LogP contribution in [0.5, 0.6) is 0 Å². The molecule has 0 saturated heterocycles. The maximum Gasteiger partial charge on any atom is 0.279 e. The molecule has 0 fully saturated rings. The largest absolute Gasteiger partial charge is 0.302 e. The van der Waals surface area contributed by atoms with Crippen LogP contribution in [0.2, 0.25) is 0 Å². The van der Waals surface area contributed by atoms with Crippen LogP contribution in [-0.4, -0.2) is 24.4 Å². The molecule has 2 aliphatic rings. The van der Waals surface area contributed by atoms with Gasteiger partial charge in [0.2, 0.25) is 0 Å². The zero-order chi connectivity index (χ0) is 15.4. The number of carbonyl (C=O) groups is 1. The SMILES string of the molecule is C=CCN1C(=O)/C(=N/N=C\[C@H]2CC=CCC2)c2ccccc21. The third-order valence-electron chi connectivity index (χ3n) is 3.95. The normalized spacial score (nSPS) is 22.5. The van der Waals surface area contributed by atoms with Crippen molar-refractivity contribution in [3.05, 3.63) is 54.6 Å². The minimum absolute atomic E-state index is 0.109. The Labute approximate surface area is 130 Å². The van der Waals surface area contributed by atoms with Crippen LogP contribution in [0, 0.1) is 5.92 Å². The Bertz CT molecular complexity index is 673. The van der Waals surface area contributed by atoms with Gasteiger partial charge < -0.3 is 4.90 Å². The van der Waals surface area contributed by atoms with Crippen LogP contribution in [0.4, 0.5) is 5.69 Å². The number of para-hydroxylation sites is 1. The number of allylic oxidation sites excluding steroid dienone is 2. The molecule has 1 atom stereocenters. The van der Waals surface area contributed by atoms with Crippen LogP contribution in [0.15, 0.2) is 59.3 Å². The number of hydrogen-bond donors (Lipinski definition) is 0. The highest BCUT2D eigenvalue weighted by Gasteiger charge is 2.32. The summed E-state index contributed by atoms with van der Waals surface area (Å²) in [6.45, 7) is 4.19. The van der Waals surface area contributed by atoms with E-state index in [0.29, 0.717) is 18.2 Å². The summed E-state index contributed by atoms with van der Waals surface area (Å²) < 4.78 is 0. The van der Waals surface area contributed by atoms with E-state index in [9.17, 15) is 4.79 Å². The summed E-state index contributed by atoms with van der Waals surface area (Å²) in [4.78, 5) is 14.2. The first-order valence-electron chi connectivity index (χ1n) is 7.59. The van der Waals surface area contributed by atoms with Crippen LogP contribution in [0.1, 0.15) is 24.8 Å². The lowest BCUT2D eigenvalue weighted by molar-refractivity contribution is -0.112. The molecule has 22 heavy (non-hydrogen) atoms. The van der Waals surface area contributed by atoms with Crippen molar-refractivity contribution < 1.29 is 4.79 Å². The van der Waals surface area contributed by atoms with Gasteiger partial charge >= 0.3 is 0 Å². The van der Waals surface area contributed by atoms with Gasteiger partial charge in [-0.3, -0.25) is 4.79 Å². The third-order valence-corrected chi connectivity index (χ3v) is 3.95. The second-order valence-electron chi connectivity index (χ2n) is 5.48. The Kier molecular flexibility index (Phi) is 4.28. The molecular formula is C18H19N3O. The van der Waals surface area contributed by atoms with E-state index in [1.165, 1.54) is 0 Å². The second-order valence-corrected chi connectivity index (χ2v) is 5.48. The first-order valence-corrected chi connectivity index (χ1v) is 7.59. The van der Waals surface area contributed by atoms with E-state index in [4.69, 9.17) is 0 Å². The third kappa shape index (κ3) is 2.77. The van der Waals surface area contributed by atoms with Gasteiger partial charge in [-0.1, -0.05) is 36.4 Å². The highest BCUT2D eigenvalue weighted by atomic mass is 16.2. The Hall–Kier alpha value is -2.49. The molecule has 4 nitrogen and oxygen atoms in total. The molecule has 1 amide bonds. The molecule has 1 aromatic carbocycles. The van der Waals surface area contributed by atoms with E-state index >= 15 is 0 Å². The van der Waals surface area contributed by atoms with Gasteiger partial charge in [-0.15, -0.1) is 11.7 Å². The minimum atomic E-state index is -0.109. The molecule has 0 bridgehead atoms. The van der Waals surface area contributed by atoms with Crippen molar-refractivity contribution in [3.63, 3.8) is 0 Å². The fraction of sp³-hybridized carbons (Fsp3) is 0.278. The summed E-state index contributed by atoms with van der Waals surface area (Å²) in [7, 11) is 0. The molecule has 1 aromatic rings. The van der Waals surface area contributed by atoms with E-state index in [2.05, 4.69) is 28.9 Å². The highest BCUT2D eigenvalue weighted by molar-refractivity contribution is 6.54. The second kappa shape index (κ2) is 6.52. The molecule has 112 valence electrons. The Morgan fingerprint density at radius 1 is 1.32 bits per heavy atom. The number of carbonyl (C=O) groups excluding carboxylic acids is 1. The molecule has 4 heteroatoms. The molecule has 1 aliphatic heterocycles. The van der Waals surface area contributed by atoms with E-state index in [0.717, 1.165) is 30.5 Å². The molecule has 0 N–H and O–H groups in total. The van der Waals surface area contributed by atoms with Gasteiger partial charge in [0.25, 0.3) is 5.91 Å². The molecule has 0 aromatic heterocycles. The smallest absolute Gasteiger partial charge is 0.279 e. The summed E-state index contributed by atoms with van der Waals surface area (Å²) in [6, 6.07) is 7.67. The van der Waals surface area contributed by atoms with Gasteiger partial charge in [0.05, 0.1) is 5.69 Å². The van der Waals surface area contributed by atoms with Gasteiger partial charge in [0, 0.05) is 18.3 Å². The summed E-state index contributed by atoms with van der Waals surface area (Å²) >= 11 is 0. The maximum atomic E-state index is 12.5. The highest BCUT2D eigenvalue weighted by Crippen LogP contribution is 2.29. The fourth-order valence-corrected chi connectivity index (χ4v) is 2.81. The lowest BCUT2D eigenvalue weighted by atomic mass is 9.96. The van der Waals surface area contributed by atoms with E-state index in [-0.39, 0.29) is 5.91 Å². The quantitative estimate of drug-likeness (QED) is 0.477. The standard InChI is InChI=1S/C18H19N3O/c1-2-12-21-16-11-7-6-10-15(16)17(18(21)22)20-19-13-14-8-4-3-5-9-14/h2-4,6-7,10-11,13-14H,1,5,8-9,12H2/b19-13-,20-17+/t14-/m0/s1. The predicted octanol–water partition coefficient (Wildman–Crippen LogP) is 3.35. The molecule has 0 unspecified atom stereocenters. The number of amides is 1. The van der Waals surface area contributed by atoms with Crippen LogP contribution in [0.3, 0.4) is 0 Å². The van der Waals surface area contributed by atoms with Gasteiger partial charge in [0.1, 0.15) is 0 Å². The molecule has 3 rings (SSSR count). The average Bonchev–Trinajstić information content (AvgIpc) is 2.82. The first kappa shape index (κ1) is 14.4. The number of rotatable bonds is 4. The van der Waals surface area contributed by atoms with Crippen molar-refractivity contribution >= 4 is 23.5 Å².